The van der Waals surface area contributed by atoms with Crippen molar-refractivity contribution in [3.8, 4) is 5.75 Å². The van der Waals surface area contributed by atoms with Crippen molar-refractivity contribution in [1.29, 1.82) is 0 Å². The zero-order chi connectivity index (χ0) is 29.6. The highest BCUT2D eigenvalue weighted by atomic mass is 19.1. The first kappa shape index (κ1) is 29.0. The Morgan fingerprint density at radius 3 is 2.45 bits per heavy atom. The number of nitrogens with one attached hydrogen (secondary N) is 1. The molecule has 5 rings (SSSR count). The van der Waals surface area contributed by atoms with Gasteiger partial charge in [-0.05, 0) is 29.3 Å². The van der Waals surface area contributed by atoms with E-state index in [1.807, 2.05) is 30.3 Å². The molecule has 0 radical (unpaired) electrons. The van der Waals surface area contributed by atoms with E-state index in [2.05, 4.69) is 5.32 Å². The molecule has 4 amide bonds. The first-order valence-electron chi connectivity index (χ1n) is 13.6. The topological polar surface area (TPSA) is 132 Å². The molecule has 0 unspecified atom stereocenters. The largest absolute Gasteiger partial charge is 0.508 e. The maximum atomic E-state index is 14.0. The number of rotatable bonds is 9. The summed E-state index contributed by atoms with van der Waals surface area (Å²) in [7, 11) is 0. The lowest BCUT2D eigenvalue weighted by atomic mass is 9.99. The second-order valence-electron chi connectivity index (χ2n) is 10.2. The van der Waals surface area contributed by atoms with E-state index < -0.39 is 18.2 Å². The number of fused-ring (bicyclic) bond motifs is 1. The normalized spacial score (nSPS) is 19.1. The van der Waals surface area contributed by atoms with Crippen molar-refractivity contribution in [3.63, 3.8) is 0 Å². The molecule has 0 bridgehead atoms. The molecule has 220 valence electrons. The van der Waals surface area contributed by atoms with Crippen LogP contribution in [0.15, 0.2) is 78.9 Å². The molecule has 0 saturated carbocycles. The van der Waals surface area contributed by atoms with Crippen molar-refractivity contribution in [2.75, 3.05) is 26.2 Å². The van der Waals surface area contributed by atoms with E-state index in [0.29, 0.717) is 5.56 Å². The lowest BCUT2D eigenvalue weighted by molar-refractivity contribution is -0.191. The van der Waals surface area contributed by atoms with Gasteiger partial charge in [0, 0.05) is 25.1 Å². The number of phenols is 1. The molecule has 4 N–H and O–H groups in total. The van der Waals surface area contributed by atoms with E-state index in [1.165, 1.54) is 33.0 Å². The van der Waals surface area contributed by atoms with Crippen LogP contribution >= 0.6 is 0 Å². The summed E-state index contributed by atoms with van der Waals surface area (Å²) in [5.41, 5.74) is 2.01. The fraction of sp³-hybridized carbons (Fsp3) is 0.300. The number of hydrogen-bond donors (Lipinski definition) is 3. The van der Waals surface area contributed by atoms with Crippen molar-refractivity contribution in [2.24, 2.45) is 5.84 Å². The Morgan fingerprint density at radius 2 is 1.71 bits per heavy atom. The monoisotopic (exact) mass is 576 g/mol. The molecule has 2 atom stereocenters. The maximum absolute atomic E-state index is 14.0. The maximum Gasteiger partial charge on any atom is 0.335 e. The Balaban J connectivity index is 1.36. The van der Waals surface area contributed by atoms with Crippen LogP contribution in [-0.2, 0) is 33.9 Å². The molecule has 11 nitrogen and oxygen atoms in total. The fourth-order valence-electron chi connectivity index (χ4n) is 5.24. The summed E-state index contributed by atoms with van der Waals surface area (Å²) in [4.78, 5) is 43.5. The van der Waals surface area contributed by atoms with Gasteiger partial charge in [-0.15, -0.1) is 5.12 Å². The third-order valence-corrected chi connectivity index (χ3v) is 7.36. The third-order valence-electron chi connectivity index (χ3n) is 7.36. The Bertz CT molecular complexity index is 1410. The van der Waals surface area contributed by atoms with Crippen LogP contribution < -0.4 is 11.2 Å². The molecule has 2 aliphatic heterocycles. The van der Waals surface area contributed by atoms with Crippen LogP contribution in [-0.4, -0.2) is 81.3 Å². The first-order chi connectivity index (χ1) is 20.3. The summed E-state index contributed by atoms with van der Waals surface area (Å²) in [6.45, 7) is 0.256. The molecule has 3 aromatic carbocycles. The Morgan fingerprint density at radius 1 is 1.00 bits per heavy atom. The number of nitrogens with zero attached hydrogens (tertiary/aromatic N) is 4. The minimum absolute atomic E-state index is 0.00612. The van der Waals surface area contributed by atoms with Gasteiger partial charge in [0.15, 0.2) is 0 Å². The van der Waals surface area contributed by atoms with Gasteiger partial charge in [-0.3, -0.25) is 9.59 Å². The molecule has 0 spiro atoms. The standard InChI is InChI=1S/C30H33FN6O5/c31-25-9-5-4-8-23(25)20-42-15-14-34-18-27-36(26(29(34)40)16-21-10-12-24(38)13-11-21)28(39)19-35(32)37(27)30(41)33-17-22-6-2-1-3-7-22/h1-13,26-27,38H,14-20,32H2,(H,33,41)/t26-,27-/m0/s1. The SMILES string of the molecule is NN1CC(=O)N2[C@@H](Cc3ccc(O)cc3)C(=O)N(CCOCc3ccccc3F)C[C@@H]2N1C(=O)NCc1ccccc1. The van der Waals surface area contributed by atoms with Gasteiger partial charge >= 0.3 is 6.03 Å². The number of phenolic OH excluding ortho intramolecular Hbond substituents is 1. The van der Waals surface area contributed by atoms with Crippen molar-refractivity contribution in [3.05, 3.63) is 101 Å². The van der Waals surface area contributed by atoms with Crippen LogP contribution in [0.5, 0.6) is 5.75 Å². The van der Waals surface area contributed by atoms with Crippen LogP contribution in [0.4, 0.5) is 9.18 Å². The average Bonchev–Trinajstić information content (AvgIpc) is 2.98. The summed E-state index contributed by atoms with van der Waals surface area (Å²) < 4.78 is 19.7. The molecule has 12 heteroatoms. The van der Waals surface area contributed by atoms with Gasteiger partial charge in [0.2, 0.25) is 11.8 Å². The zero-order valence-electron chi connectivity index (χ0n) is 22.9. The van der Waals surface area contributed by atoms with E-state index in [-0.39, 0.29) is 69.2 Å². The van der Waals surface area contributed by atoms with E-state index in [4.69, 9.17) is 10.6 Å². The number of nitrogens with two attached hydrogens (primary N) is 1. The second kappa shape index (κ2) is 13.0. The zero-order valence-corrected chi connectivity index (χ0v) is 22.9. The van der Waals surface area contributed by atoms with Gasteiger partial charge in [0.25, 0.3) is 0 Å². The number of piperazine rings is 1. The predicted octanol–water partition coefficient (Wildman–Crippen LogP) is 1.97. The minimum Gasteiger partial charge on any atom is -0.508 e. The molecule has 2 fully saturated rings. The summed E-state index contributed by atoms with van der Waals surface area (Å²) in [5, 5.41) is 14.9. The molecule has 42 heavy (non-hydrogen) atoms. The molecule has 2 heterocycles. The molecular formula is C30H33FN6O5. The molecular weight excluding hydrogens is 543 g/mol. The number of benzene rings is 3. The Hall–Kier alpha value is -4.52. The lowest BCUT2D eigenvalue weighted by Gasteiger charge is -2.54. The van der Waals surface area contributed by atoms with Crippen LogP contribution in [0.2, 0.25) is 0 Å². The number of hydrogen-bond acceptors (Lipinski definition) is 7. The lowest BCUT2D eigenvalue weighted by Crippen LogP contribution is -2.77. The number of carbonyl (C=O) groups is 3. The van der Waals surface area contributed by atoms with Crippen LogP contribution in [0, 0.1) is 5.82 Å². The van der Waals surface area contributed by atoms with Gasteiger partial charge in [-0.25, -0.2) is 20.0 Å². The predicted molar refractivity (Wildman–Crippen MR) is 150 cm³/mol. The molecule has 2 saturated heterocycles. The summed E-state index contributed by atoms with van der Waals surface area (Å²) >= 11 is 0. The van der Waals surface area contributed by atoms with Crippen LogP contribution in [0.25, 0.3) is 0 Å². The van der Waals surface area contributed by atoms with E-state index in [1.54, 1.807) is 30.3 Å². The molecule has 3 aromatic rings. The third kappa shape index (κ3) is 6.51. The number of aromatic hydroxyl groups is 1. The number of carbonyl (C=O) groups excluding carboxylic acids is 3. The summed E-state index contributed by atoms with van der Waals surface area (Å²) in [6.07, 6.45) is -0.712. The van der Waals surface area contributed by atoms with Crippen molar-refractivity contribution in [2.45, 2.75) is 31.8 Å². The van der Waals surface area contributed by atoms with E-state index in [0.717, 1.165) is 16.2 Å². The average molecular weight is 577 g/mol. The smallest absolute Gasteiger partial charge is 0.335 e. The van der Waals surface area contributed by atoms with Gasteiger partial charge < -0.3 is 25.0 Å². The minimum atomic E-state index is -0.925. The highest BCUT2D eigenvalue weighted by Gasteiger charge is 2.50. The molecule has 0 aliphatic carbocycles. The van der Waals surface area contributed by atoms with E-state index in [9.17, 15) is 23.9 Å². The van der Waals surface area contributed by atoms with E-state index >= 15 is 0 Å². The van der Waals surface area contributed by atoms with Crippen molar-refractivity contribution < 1.29 is 28.6 Å². The van der Waals surface area contributed by atoms with Gasteiger partial charge in [0.1, 0.15) is 30.3 Å². The summed E-state index contributed by atoms with van der Waals surface area (Å²) in [6, 6.07) is 20.6. The highest BCUT2D eigenvalue weighted by molar-refractivity contribution is 5.91. The number of amides is 4. The molecule has 0 aromatic heterocycles. The van der Waals surface area contributed by atoms with Crippen molar-refractivity contribution in [1.82, 2.24) is 25.2 Å². The quantitative estimate of drug-likeness (QED) is 0.262. The van der Waals surface area contributed by atoms with Crippen molar-refractivity contribution >= 4 is 17.8 Å². The number of hydrazine groups is 2. The van der Waals surface area contributed by atoms with Crippen LogP contribution in [0.1, 0.15) is 16.7 Å². The Labute approximate surface area is 242 Å². The number of halogens is 1. The fourth-order valence-corrected chi connectivity index (χ4v) is 5.24. The van der Waals surface area contributed by atoms with Crippen LogP contribution in [0.3, 0.4) is 0 Å². The molecule has 2 aliphatic rings. The Kier molecular flexibility index (Phi) is 8.96. The number of ether oxygens (including phenoxy) is 1. The van der Waals surface area contributed by atoms with Gasteiger partial charge in [-0.2, -0.15) is 0 Å². The first-order valence-corrected chi connectivity index (χ1v) is 13.6. The van der Waals surface area contributed by atoms with Gasteiger partial charge in [0.05, 0.1) is 19.8 Å². The highest BCUT2D eigenvalue weighted by Crippen LogP contribution is 2.27. The summed E-state index contributed by atoms with van der Waals surface area (Å²) in [5.74, 6) is 5.21. The second-order valence-corrected chi connectivity index (χ2v) is 10.2. The van der Waals surface area contributed by atoms with Gasteiger partial charge in [-0.1, -0.05) is 60.7 Å². The number of urea groups is 1.